The van der Waals surface area contributed by atoms with Crippen LogP contribution in [0.5, 0.6) is 0 Å². The van der Waals surface area contributed by atoms with Crippen LogP contribution in [-0.4, -0.2) is 33.4 Å². The monoisotopic (exact) mass is 1180 g/mol. The van der Waals surface area contributed by atoms with Gasteiger partial charge in [0.05, 0.1) is 52.3 Å². The van der Waals surface area contributed by atoms with Gasteiger partial charge in [-0.2, -0.15) is 0 Å². The zero-order valence-corrected chi connectivity index (χ0v) is 54.4. The molecule has 12 aromatic carbocycles. The van der Waals surface area contributed by atoms with Crippen LogP contribution in [0, 0.1) is 6.92 Å². The summed E-state index contributed by atoms with van der Waals surface area (Å²) in [7, 11) is -6.17. The first kappa shape index (κ1) is 52.1. The fourth-order valence-electron chi connectivity index (χ4n) is 18.1. The molecule has 18 rings (SSSR count). The Kier molecular flexibility index (Phi) is 10.7. The maximum absolute atomic E-state index is 2.62. The first-order chi connectivity index (χ1) is 42.7. The summed E-state index contributed by atoms with van der Waals surface area (Å²) in [5.41, 5.74) is 27.1. The standard InChI is InChI=1S/C83H68N2Si3/c1-52-47-54(50-56(48-52)59-25-20-35-71-81(59)88(7,8)77-40-18-13-31-67(77)82(71)64-28-10-15-37-74(64)84-72-36-14-9-23-60(72)61-26-21-32-68(82)78(61)84)49-53-41-46-73-63(51-53)62-27-22-33-69-79(62)85(73)75-38-16-11-29-65(75)83(69)66-30-12-17-39-76(66)87(5,6)80-58(24-19-34-70(80)83)55-42-44-57(45-43-55)86(2,3)4/h9-48,50-51H,49H2,1-8H3. The van der Waals surface area contributed by atoms with Crippen LogP contribution in [0.4, 0.5) is 0 Å². The van der Waals surface area contributed by atoms with E-state index in [1.54, 1.807) is 5.19 Å². The molecule has 0 aliphatic carbocycles. The molecule has 88 heavy (non-hydrogen) atoms. The van der Waals surface area contributed by atoms with E-state index in [9.17, 15) is 0 Å². The highest BCUT2D eigenvalue weighted by atomic mass is 28.3. The first-order valence-corrected chi connectivity index (χ1v) is 41.2. The summed E-state index contributed by atoms with van der Waals surface area (Å²) in [6.07, 6.45) is 0.822. The van der Waals surface area contributed by atoms with Gasteiger partial charge in [-0.3, -0.25) is 0 Å². The van der Waals surface area contributed by atoms with Crippen molar-refractivity contribution in [2.24, 2.45) is 0 Å². The molecule has 2 atom stereocenters. The molecule has 0 N–H and O–H groups in total. The second kappa shape index (κ2) is 18.0. The minimum absolute atomic E-state index is 0.529. The number of aryl methyl sites for hydroxylation is 1. The van der Waals surface area contributed by atoms with Crippen molar-refractivity contribution in [1.29, 1.82) is 0 Å². The molecule has 2 nitrogen and oxygen atoms in total. The Morgan fingerprint density at radius 1 is 0.352 bits per heavy atom. The van der Waals surface area contributed by atoms with Crippen molar-refractivity contribution < 1.29 is 0 Å². The maximum atomic E-state index is 2.62. The molecule has 4 aliphatic heterocycles. The Morgan fingerprint density at radius 3 is 1.39 bits per heavy atom. The second-order valence-electron chi connectivity index (χ2n) is 28.0. The SMILES string of the molecule is Cc1cc(Cc2ccc3c(c2)c2cccc4c2n3-c2ccccc2C42c3ccccc3[Si](C)(C)c3c(-c4ccc([Si](C)(C)C)cc4)cccc32)cc(-c2cccc3c2[Si](C)(C)c2ccccc2C32c3ccccc3-n3c4ccccc4c4cccc2c43)c1. The zero-order valence-electron chi connectivity index (χ0n) is 51.4. The van der Waals surface area contributed by atoms with Crippen molar-refractivity contribution in [3.05, 3.63) is 316 Å². The topological polar surface area (TPSA) is 9.86 Å². The number of benzene rings is 12. The van der Waals surface area contributed by atoms with Crippen LogP contribution < -0.4 is 25.9 Å². The van der Waals surface area contributed by atoms with Gasteiger partial charge in [-0.25, -0.2) is 0 Å². The molecule has 2 spiro atoms. The number of hydrogen-bond acceptors (Lipinski definition) is 0. The van der Waals surface area contributed by atoms with Crippen LogP contribution in [0.1, 0.15) is 61.2 Å². The summed E-state index contributed by atoms with van der Waals surface area (Å²) in [4.78, 5) is 0. The van der Waals surface area contributed by atoms with Gasteiger partial charge in [-0.05, 0) is 142 Å². The summed E-state index contributed by atoms with van der Waals surface area (Å²) in [5, 5.41) is 12.9. The molecule has 6 heterocycles. The van der Waals surface area contributed by atoms with Gasteiger partial charge in [-0.1, -0.05) is 281 Å². The van der Waals surface area contributed by atoms with Crippen molar-refractivity contribution in [2.75, 3.05) is 0 Å². The molecule has 0 amide bonds. The third-order valence-electron chi connectivity index (χ3n) is 21.6. The molecule has 0 saturated heterocycles. The summed E-state index contributed by atoms with van der Waals surface area (Å²) < 4.78 is 5.18. The Morgan fingerprint density at radius 2 is 0.807 bits per heavy atom. The number of hydrogen-bond donors (Lipinski definition) is 0. The highest BCUT2D eigenvalue weighted by molar-refractivity contribution is 7.03. The fourth-order valence-corrected chi connectivity index (χ4v) is 26.4. The van der Waals surface area contributed by atoms with Crippen molar-refractivity contribution in [3.63, 3.8) is 0 Å². The highest BCUT2D eigenvalue weighted by Crippen LogP contribution is 2.58. The lowest BCUT2D eigenvalue weighted by Gasteiger charge is -2.50. The minimum atomic E-state index is -2.38. The van der Waals surface area contributed by atoms with E-state index in [4.69, 9.17) is 0 Å². The van der Waals surface area contributed by atoms with Gasteiger partial charge in [0.2, 0.25) is 0 Å². The molecule has 0 bridgehead atoms. The fraction of sp³-hybridized carbons (Fsp3) is 0.133. The molecular weight excluding hydrogens is 1110 g/mol. The van der Waals surface area contributed by atoms with Crippen LogP contribution in [-0.2, 0) is 17.3 Å². The van der Waals surface area contributed by atoms with Gasteiger partial charge in [0.15, 0.2) is 0 Å². The molecule has 2 unspecified atom stereocenters. The van der Waals surface area contributed by atoms with Gasteiger partial charge in [0.1, 0.15) is 16.1 Å². The first-order valence-electron chi connectivity index (χ1n) is 31.7. The Bertz CT molecular complexity index is 5380. The summed E-state index contributed by atoms with van der Waals surface area (Å²) in [6, 6.07) is 100. The number of aromatic nitrogens is 2. The Hall–Kier alpha value is -9.11. The lowest BCUT2D eigenvalue weighted by molar-refractivity contribution is 0.732. The number of fused-ring (bicyclic) bond motifs is 22. The second-order valence-corrected chi connectivity index (χ2v) is 41.6. The van der Waals surface area contributed by atoms with Crippen LogP contribution in [0.2, 0.25) is 45.8 Å². The largest absolute Gasteiger partial charge is 0.309 e. The third kappa shape index (κ3) is 6.61. The smallest absolute Gasteiger partial charge is 0.113 e. The molecule has 422 valence electrons. The average molecular weight is 1180 g/mol. The quantitative estimate of drug-likeness (QED) is 0.152. The normalized spacial score (nSPS) is 17.9. The summed E-state index contributed by atoms with van der Waals surface area (Å²) in [5.74, 6) is 0. The summed E-state index contributed by atoms with van der Waals surface area (Å²) in [6.45, 7) is 20.1. The predicted molar refractivity (Wildman–Crippen MR) is 380 cm³/mol. The predicted octanol–water partition coefficient (Wildman–Crippen LogP) is 17.3. The van der Waals surface area contributed by atoms with Crippen molar-refractivity contribution in [3.8, 4) is 33.6 Å². The van der Waals surface area contributed by atoms with Gasteiger partial charge in [-0.15, -0.1) is 0 Å². The van der Waals surface area contributed by atoms with E-state index >= 15 is 0 Å². The number of rotatable bonds is 5. The maximum Gasteiger partial charge on any atom is 0.113 e. The Labute approximate surface area is 519 Å². The molecule has 0 radical (unpaired) electrons. The molecule has 0 saturated carbocycles. The van der Waals surface area contributed by atoms with E-state index in [2.05, 4.69) is 317 Å². The molecule has 0 fully saturated rings. The van der Waals surface area contributed by atoms with E-state index in [1.165, 1.54) is 159 Å². The Balaban J connectivity index is 0.806. The van der Waals surface area contributed by atoms with E-state index < -0.39 is 35.1 Å². The van der Waals surface area contributed by atoms with E-state index in [1.807, 2.05) is 0 Å². The van der Waals surface area contributed by atoms with Crippen molar-refractivity contribution in [1.82, 2.24) is 9.13 Å². The van der Waals surface area contributed by atoms with Gasteiger partial charge >= 0.3 is 0 Å². The van der Waals surface area contributed by atoms with Crippen LogP contribution in [0.25, 0.3) is 77.2 Å². The summed E-state index contributed by atoms with van der Waals surface area (Å²) >= 11 is 0. The molecular formula is C83H68N2Si3. The van der Waals surface area contributed by atoms with Gasteiger partial charge in [0, 0.05) is 21.5 Å². The number of nitrogens with zero attached hydrogens (tertiary/aromatic N) is 2. The average Bonchev–Trinajstić information content (AvgIpc) is 1.09. The van der Waals surface area contributed by atoms with Crippen molar-refractivity contribution in [2.45, 2.75) is 70.0 Å². The third-order valence-corrected chi connectivity index (χ3v) is 30.8. The highest BCUT2D eigenvalue weighted by Gasteiger charge is 2.56. The van der Waals surface area contributed by atoms with Crippen LogP contribution in [0.3, 0.4) is 0 Å². The zero-order chi connectivity index (χ0) is 59.4. The van der Waals surface area contributed by atoms with E-state index in [-0.39, 0.29) is 0 Å². The van der Waals surface area contributed by atoms with E-state index in [0.29, 0.717) is 0 Å². The molecule has 14 aromatic rings. The van der Waals surface area contributed by atoms with Crippen LogP contribution >= 0.6 is 0 Å². The molecule has 5 heteroatoms. The number of para-hydroxylation sites is 5. The lowest BCUT2D eigenvalue weighted by atomic mass is 9.62. The van der Waals surface area contributed by atoms with Gasteiger partial charge in [0.25, 0.3) is 0 Å². The molecule has 2 aromatic heterocycles. The minimum Gasteiger partial charge on any atom is -0.309 e. The lowest BCUT2D eigenvalue weighted by Crippen LogP contribution is -2.64. The van der Waals surface area contributed by atoms with E-state index in [0.717, 1.165) is 6.42 Å². The van der Waals surface area contributed by atoms with Crippen molar-refractivity contribution >= 4 is 93.8 Å². The molecule has 4 aliphatic rings. The van der Waals surface area contributed by atoms with Crippen LogP contribution in [0.15, 0.2) is 255 Å². The van der Waals surface area contributed by atoms with Gasteiger partial charge < -0.3 is 9.13 Å².